The summed E-state index contributed by atoms with van der Waals surface area (Å²) in [5.74, 6) is -0.349. The first kappa shape index (κ1) is 28.1. The third kappa shape index (κ3) is 12.8. The smallest absolute Gasteiger partial charge is 0.461 e. The zero-order chi connectivity index (χ0) is 24.4. The lowest BCUT2D eigenvalue weighted by Gasteiger charge is -2.30. The van der Waals surface area contributed by atoms with E-state index in [0.29, 0.717) is 6.42 Å². The van der Waals surface area contributed by atoms with Crippen LogP contribution in [0.5, 0.6) is 0 Å². The summed E-state index contributed by atoms with van der Waals surface area (Å²) in [6.45, 7) is 10.1. The van der Waals surface area contributed by atoms with E-state index in [0.717, 1.165) is 5.56 Å². The Kier molecular flexibility index (Phi) is 10.8. The highest BCUT2D eigenvalue weighted by Gasteiger charge is 2.37. The van der Waals surface area contributed by atoms with Gasteiger partial charge in [-0.1, -0.05) is 30.3 Å². The maximum absolute atomic E-state index is 12.9. The van der Waals surface area contributed by atoms with Gasteiger partial charge >= 0.3 is 19.9 Å². The van der Waals surface area contributed by atoms with Gasteiger partial charge in [0.25, 0.3) is 0 Å². The summed E-state index contributed by atoms with van der Waals surface area (Å²) < 4.78 is 39.2. The first-order chi connectivity index (χ1) is 14.7. The number of carbonyl (C=O) groups excluding carboxylic acids is 2. The molecule has 32 heavy (non-hydrogen) atoms. The number of hydrogen-bond acceptors (Lipinski definition) is 8. The number of ether oxygens (including phenoxy) is 2. The normalized spacial score (nSPS) is 12.3. The first-order valence-electron chi connectivity index (χ1n) is 10.4. The highest BCUT2D eigenvalue weighted by Crippen LogP contribution is 2.55. The van der Waals surface area contributed by atoms with Gasteiger partial charge in [-0.25, -0.2) is 13.9 Å². The Morgan fingerprint density at radius 1 is 0.938 bits per heavy atom. The van der Waals surface area contributed by atoms with Crippen LogP contribution in [0.25, 0.3) is 0 Å². The second-order valence-electron chi connectivity index (χ2n) is 9.18. The zero-order valence-electron chi connectivity index (χ0n) is 20.1. The predicted molar refractivity (Wildman–Crippen MR) is 120 cm³/mol. The van der Waals surface area contributed by atoms with Gasteiger partial charge in [-0.15, -0.1) is 0 Å². The summed E-state index contributed by atoms with van der Waals surface area (Å²) in [6.07, 6.45) is -0.130. The van der Waals surface area contributed by atoms with Crippen molar-refractivity contribution in [3.63, 3.8) is 0 Å². The molecule has 1 aromatic carbocycles. The molecule has 9 nitrogen and oxygen atoms in total. The molecule has 0 saturated heterocycles. The molecular formula is C22H36NO8P. The Labute approximate surface area is 190 Å². The average molecular weight is 474 g/mol. The number of hydrogen-bond donors (Lipinski definition) is 0. The standard InChI is InChI=1S/C22H36NO8P/c1-21(2,3)30-32(26,31-22(4,5)6)29-17-28-20(25)23(7)15-11-14-19(24)27-16-18-12-9-8-10-13-18/h8-10,12-13H,11,14-17H2,1-7H3. The minimum absolute atomic E-state index is 0.162. The molecule has 0 aliphatic rings. The summed E-state index contributed by atoms with van der Waals surface area (Å²) in [4.78, 5) is 25.3. The van der Waals surface area contributed by atoms with Gasteiger partial charge in [-0.05, 0) is 53.5 Å². The maximum atomic E-state index is 12.9. The molecule has 1 aromatic rings. The van der Waals surface area contributed by atoms with Gasteiger partial charge in [-0.2, -0.15) is 0 Å². The van der Waals surface area contributed by atoms with Crippen LogP contribution in [-0.4, -0.2) is 48.5 Å². The molecule has 0 unspecified atom stereocenters. The Balaban J connectivity index is 2.37. The second kappa shape index (κ2) is 12.3. The lowest BCUT2D eigenvalue weighted by molar-refractivity contribution is -0.145. The monoisotopic (exact) mass is 473 g/mol. The molecule has 182 valence electrons. The van der Waals surface area contributed by atoms with E-state index in [1.54, 1.807) is 41.5 Å². The van der Waals surface area contributed by atoms with Gasteiger partial charge in [0.2, 0.25) is 6.79 Å². The van der Waals surface area contributed by atoms with Crippen LogP contribution < -0.4 is 0 Å². The number of phosphoric acid groups is 1. The van der Waals surface area contributed by atoms with E-state index >= 15 is 0 Å². The lowest BCUT2D eigenvalue weighted by atomic mass is 10.2. The Bertz CT molecular complexity index is 750. The fourth-order valence-corrected chi connectivity index (χ4v) is 4.02. The van der Waals surface area contributed by atoms with Crippen molar-refractivity contribution in [3.05, 3.63) is 35.9 Å². The van der Waals surface area contributed by atoms with Crippen molar-refractivity contribution >= 4 is 19.9 Å². The van der Waals surface area contributed by atoms with Crippen LogP contribution >= 0.6 is 7.82 Å². The van der Waals surface area contributed by atoms with Crippen LogP contribution in [0.15, 0.2) is 30.3 Å². The van der Waals surface area contributed by atoms with Crippen molar-refractivity contribution in [3.8, 4) is 0 Å². The fraction of sp³-hybridized carbons (Fsp3) is 0.636. The molecule has 0 atom stereocenters. The minimum atomic E-state index is -3.97. The predicted octanol–water partition coefficient (Wildman–Crippen LogP) is 5.29. The Morgan fingerprint density at radius 3 is 2.03 bits per heavy atom. The molecule has 1 amide bonds. The van der Waals surface area contributed by atoms with Crippen molar-refractivity contribution in [2.75, 3.05) is 20.4 Å². The van der Waals surface area contributed by atoms with E-state index in [2.05, 4.69) is 0 Å². The summed E-state index contributed by atoms with van der Waals surface area (Å²) in [5, 5.41) is 0. The van der Waals surface area contributed by atoms with E-state index in [9.17, 15) is 14.2 Å². The molecule has 0 fully saturated rings. The van der Waals surface area contributed by atoms with Crippen LogP contribution in [0.2, 0.25) is 0 Å². The van der Waals surface area contributed by atoms with Crippen molar-refractivity contribution in [1.82, 2.24) is 4.90 Å². The molecule has 0 N–H and O–H groups in total. The molecule has 10 heteroatoms. The number of rotatable bonds is 11. The quantitative estimate of drug-likeness (QED) is 0.243. The third-order valence-corrected chi connectivity index (χ3v) is 5.56. The van der Waals surface area contributed by atoms with Crippen LogP contribution in [0, 0.1) is 0 Å². The Morgan fingerprint density at radius 2 is 1.50 bits per heavy atom. The van der Waals surface area contributed by atoms with E-state index in [1.165, 1.54) is 11.9 Å². The highest BCUT2D eigenvalue weighted by atomic mass is 31.2. The molecule has 0 aliphatic carbocycles. The Hall–Kier alpha value is -1.93. The van der Waals surface area contributed by atoms with Crippen LogP contribution in [0.3, 0.4) is 0 Å². The topological polar surface area (TPSA) is 101 Å². The van der Waals surface area contributed by atoms with E-state index in [-0.39, 0.29) is 25.5 Å². The summed E-state index contributed by atoms with van der Waals surface area (Å²) in [5.41, 5.74) is -0.683. The van der Waals surface area contributed by atoms with Gasteiger partial charge in [0.15, 0.2) is 0 Å². The number of nitrogens with zero attached hydrogens (tertiary/aromatic N) is 1. The average Bonchev–Trinajstić information content (AvgIpc) is 2.63. The van der Waals surface area contributed by atoms with Crippen LogP contribution in [0.1, 0.15) is 59.9 Å². The van der Waals surface area contributed by atoms with Crippen molar-refractivity contribution in [2.45, 2.75) is 72.2 Å². The van der Waals surface area contributed by atoms with Crippen molar-refractivity contribution in [1.29, 1.82) is 0 Å². The summed E-state index contributed by atoms with van der Waals surface area (Å²) in [6, 6.07) is 9.38. The van der Waals surface area contributed by atoms with E-state index in [4.69, 9.17) is 23.0 Å². The first-order valence-corrected chi connectivity index (χ1v) is 11.9. The van der Waals surface area contributed by atoms with Crippen molar-refractivity contribution in [2.24, 2.45) is 0 Å². The van der Waals surface area contributed by atoms with Crippen LogP contribution in [0.4, 0.5) is 4.79 Å². The molecule has 0 saturated carbocycles. The molecule has 0 heterocycles. The zero-order valence-corrected chi connectivity index (χ0v) is 21.0. The number of benzene rings is 1. The van der Waals surface area contributed by atoms with E-state index < -0.39 is 31.9 Å². The van der Waals surface area contributed by atoms with Gasteiger partial charge < -0.3 is 14.4 Å². The number of amides is 1. The fourth-order valence-electron chi connectivity index (χ4n) is 2.36. The maximum Gasteiger partial charge on any atom is 0.478 e. The van der Waals surface area contributed by atoms with Gasteiger partial charge in [-0.3, -0.25) is 13.8 Å². The highest BCUT2D eigenvalue weighted by molar-refractivity contribution is 7.48. The molecule has 0 spiro atoms. The van der Waals surface area contributed by atoms with E-state index in [1.807, 2.05) is 30.3 Å². The molecule has 0 aromatic heterocycles. The minimum Gasteiger partial charge on any atom is -0.461 e. The van der Waals surface area contributed by atoms with Gasteiger partial charge in [0.05, 0.1) is 11.2 Å². The molecule has 0 radical (unpaired) electrons. The molecular weight excluding hydrogens is 437 g/mol. The number of carbonyl (C=O) groups is 2. The molecule has 1 rings (SSSR count). The van der Waals surface area contributed by atoms with Gasteiger partial charge in [0.1, 0.15) is 6.61 Å². The molecule has 0 aliphatic heterocycles. The largest absolute Gasteiger partial charge is 0.478 e. The second-order valence-corrected chi connectivity index (χ2v) is 10.7. The van der Waals surface area contributed by atoms with Crippen molar-refractivity contribution < 1.29 is 37.2 Å². The van der Waals surface area contributed by atoms with Crippen LogP contribution in [-0.2, 0) is 39.0 Å². The summed E-state index contributed by atoms with van der Waals surface area (Å²) >= 11 is 0. The number of phosphoric ester groups is 1. The SMILES string of the molecule is CN(CCCC(=O)OCc1ccccc1)C(=O)OCOP(=O)(OC(C)(C)C)OC(C)(C)C. The van der Waals surface area contributed by atoms with Gasteiger partial charge in [0, 0.05) is 20.0 Å². The number of esters is 1. The molecule has 0 bridgehead atoms. The lowest BCUT2D eigenvalue weighted by Crippen LogP contribution is -2.30. The summed E-state index contributed by atoms with van der Waals surface area (Å²) in [7, 11) is -2.45. The third-order valence-electron chi connectivity index (χ3n) is 3.59.